The maximum atomic E-state index is 9.35. The van der Waals surface area contributed by atoms with Gasteiger partial charge in [0.1, 0.15) is 11.9 Å². The molecule has 1 aliphatic carbocycles. The third-order valence-electron chi connectivity index (χ3n) is 4.04. The molecule has 1 heterocycles. The van der Waals surface area contributed by atoms with Gasteiger partial charge in [-0.15, -0.1) is 0 Å². The normalized spacial score (nSPS) is 15.8. The molecule has 3 rings (SSSR count). The van der Waals surface area contributed by atoms with Crippen molar-refractivity contribution < 1.29 is 0 Å². The zero-order valence-electron chi connectivity index (χ0n) is 12.5. The fourth-order valence-electron chi connectivity index (χ4n) is 2.99. The van der Waals surface area contributed by atoms with Crippen LogP contribution in [0.5, 0.6) is 0 Å². The van der Waals surface area contributed by atoms with Gasteiger partial charge in [0.15, 0.2) is 0 Å². The molecule has 0 spiro atoms. The van der Waals surface area contributed by atoms with E-state index < -0.39 is 0 Å². The van der Waals surface area contributed by atoms with Crippen molar-refractivity contribution in [3.8, 4) is 17.3 Å². The molecule has 106 valence electrons. The van der Waals surface area contributed by atoms with Gasteiger partial charge >= 0.3 is 0 Å². The molecule has 1 aromatic carbocycles. The summed E-state index contributed by atoms with van der Waals surface area (Å²) in [6.07, 6.45) is 1.96. The third kappa shape index (κ3) is 2.38. The molecule has 2 aromatic rings. The van der Waals surface area contributed by atoms with E-state index in [4.69, 9.17) is 4.98 Å². The largest absolute Gasteiger partial charge is 0.369 e. The number of anilines is 1. The Morgan fingerprint density at radius 1 is 1.38 bits per heavy atom. The molecule has 1 N–H and O–H groups in total. The topological polar surface area (TPSA) is 48.7 Å². The summed E-state index contributed by atoms with van der Waals surface area (Å²) in [5.74, 6) is 1.18. The summed E-state index contributed by atoms with van der Waals surface area (Å²) >= 11 is 0. The van der Waals surface area contributed by atoms with Gasteiger partial charge in [-0.25, -0.2) is 4.98 Å². The van der Waals surface area contributed by atoms with E-state index in [1.807, 2.05) is 6.07 Å². The second-order valence-electron chi connectivity index (χ2n) is 5.62. The van der Waals surface area contributed by atoms with E-state index in [0.29, 0.717) is 17.3 Å². The number of nitrogens with zero attached hydrogens (tertiary/aromatic N) is 2. The van der Waals surface area contributed by atoms with Crippen LogP contribution >= 0.6 is 0 Å². The van der Waals surface area contributed by atoms with Crippen LogP contribution in [0.15, 0.2) is 30.3 Å². The van der Waals surface area contributed by atoms with Crippen LogP contribution in [0.1, 0.15) is 42.9 Å². The highest BCUT2D eigenvalue weighted by Gasteiger charge is 2.24. The Morgan fingerprint density at radius 2 is 2.19 bits per heavy atom. The van der Waals surface area contributed by atoms with Gasteiger partial charge in [-0.2, -0.15) is 5.26 Å². The number of hydrogen-bond donors (Lipinski definition) is 1. The van der Waals surface area contributed by atoms with Crippen LogP contribution in [-0.4, -0.2) is 11.5 Å². The fraction of sp³-hybridized carbons (Fsp3) is 0.333. The van der Waals surface area contributed by atoms with Crippen molar-refractivity contribution in [2.75, 3.05) is 11.9 Å². The monoisotopic (exact) mass is 277 g/mol. The zero-order chi connectivity index (χ0) is 14.8. The van der Waals surface area contributed by atoms with Crippen molar-refractivity contribution >= 4 is 5.82 Å². The lowest BCUT2D eigenvalue weighted by molar-refractivity contribution is 0.744. The first-order valence-corrected chi connectivity index (χ1v) is 7.51. The molecule has 0 radical (unpaired) electrons. The van der Waals surface area contributed by atoms with Gasteiger partial charge in [0.05, 0.1) is 11.3 Å². The molecular formula is C18H19N3. The molecule has 0 saturated heterocycles. The zero-order valence-corrected chi connectivity index (χ0v) is 12.5. The molecule has 0 saturated carbocycles. The highest BCUT2D eigenvalue weighted by Crippen LogP contribution is 2.39. The molecular weight excluding hydrogens is 258 g/mol. The van der Waals surface area contributed by atoms with E-state index in [1.165, 1.54) is 16.7 Å². The van der Waals surface area contributed by atoms with Crippen molar-refractivity contribution in [2.45, 2.75) is 32.6 Å². The van der Waals surface area contributed by atoms with Crippen molar-refractivity contribution in [1.82, 2.24) is 4.98 Å². The molecule has 0 fully saturated rings. The Bertz CT molecular complexity index is 713. The smallest absolute Gasteiger partial charge is 0.144 e. The molecule has 1 aliphatic rings. The molecule has 0 bridgehead atoms. The second kappa shape index (κ2) is 5.57. The first-order chi connectivity index (χ1) is 10.2. The molecule has 1 aromatic heterocycles. The van der Waals surface area contributed by atoms with Crippen LogP contribution < -0.4 is 5.32 Å². The summed E-state index contributed by atoms with van der Waals surface area (Å²) in [4.78, 5) is 4.76. The minimum atomic E-state index is 0.469. The predicted molar refractivity (Wildman–Crippen MR) is 85.3 cm³/mol. The molecule has 1 atom stereocenters. The Kier molecular flexibility index (Phi) is 3.62. The van der Waals surface area contributed by atoms with Gasteiger partial charge in [-0.1, -0.05) is 38.1 Å². The summed E-state index contributed by atoms with van der Waals surface area (Å²) in [5, 5.41) is 12.6. The summed E-state index contributed by atoms with van der Waals surface area (Å²) in [6, 6.07) is 12.7. The van der Waals surface area contributed by atoms with Gasteiger partial charge in [0.25, 0.3) is 0 Å². The van der Waals surface area contributed by atoms with Crippen molar-refractivity contribution in [3.63, 3.8) is 0 Å². The Labute approximate surface area is 125 Å². The van der Waals surface area contributed by atoms with Crippen LogP contribution in [0.4, 0.5) is 5.82 Å². The van der Waals surface area contributed by atoms with E-state index in [0.717, 1.165) is 25.1 Å². The standard InChI is InChI=1S/C18H19N3/c1-3-8-20-18-14(11-19)10-13-9-12(2)15-6-4-5-7-16(15)17(13)21-18/h4-7,10,12H,3,8-9H2,1-2H3,(H,20,21). The van der Waals surface area contributed by atoms with Crippen molar-refractivity contribution in [1.29, 1.82) is 5.26 Å². The number of nitrogens with one attached hydrogen (secondary N) is 1. The van der Waals surface area contributed by atoms with Crippen molar-refractivity contribution in [3.05, 3.63) is 47.0 Å². The lowest BCUT2D eigenvalue weighted by Gasteiger charge is -2.25. The first-order valence-electron chi connectivity index (χ1n) is 7.51. The average Bonchev–Trinajstić information content (AvgIpc) is 2.52. The number of fused-ring (bicyclic) bond motifs is 3. The Balaban J connectivity index is 2.15. The molecule has 0 aliphatic heterocycles. The lowest BCUT2D eigenvalue weighted by atomic mass is 9.81. The number of hydrogen-bond acceptors (Lipinski definition) is 3. The number of nitriles is 1. The number of benzene rings is 1. The fourth-order valence-corrected chi connectivity index (χ4v) is 2.99. The molecule has 3 heteroatoms. The quantitative estimate of drug-likeness (QED) is 0.918. The van der Waals surface area contributed by atoms with E-state index in [1.54, 1.807) is 0 Å². The predicted octanol–water partition coefficient (Wildman–Crippen LogP) is 4.10. The summed E-state index contributed by atoms with van der Waals surface area (Å²) in [7, 11) is 0. The van der Waals surface area contributed by atoms with Gasteiger partial charge < -0.3 is 5.32 Å². The Morgan fingerprint density at radius 3 is 2.95 bits per heavy atom. The number of aromatic nitrogens is 1. The van der Waals surface area contributed by atoms with Gasteiger partial charge in [-0.05, 0) is 36.0 Å². The third-order valence-corrected chi connectivity index (χ3v) is 4.04. The molecule has 21 heavy (non-hydrogen) atoms. The first kappa shape index (κ1) is 13.6. The van der Waals surface area contributed by atoms with Gasteiger partial charge in [0.2, 0.25) is 0 Å². The minimum absolute atomic E-state index is 0.469. The van der Waals surface area contributed by atoms with Gasteiger partial charge in [-0.3, -0.25) is 0 Å². The molecule has 0 amide bonds. The van der Waals surface area contributed by atoms with Crippen LogP contribution in [0.25, 0.3) is 11.3 Å². The van der Waals surface area contributed by atoms with Crippen LogP contribution in [0.3, 0.4) is 0 Å². The van der Waals surface area contributed by atoms with Crippen LogP contribution in [0, 0.1) is 11.3 Å². The van der Waals surface area contributed by atoms with Crippen LogP contribution in [0.2, 0.25) is 0 Å². The molecule has 3 nitrogen and oxygen atoms in total. The number of pyridine rings is 1. The van der Waals surface area contributed by atoms with E-state index in [2.05, 4.69) is 49.5 Å². The average molecular weight is 277 g/mol. The highest BCUT2D eigenvalue weighted by molar-refractivity contribution is 5.74. The summed E-state index contributed by atoms with van der Waals surface area (Å²) < 4.78 is 0. The Hall–Kier alpha value is -2.34. The number of rotatable bonds is 3. The minimum Gasteiger partial charge on any atom is -0.369 e. The lowest BCUT2D eigenvalue weighted by Crippen LogP contribution is -2.13. The maximum Gasteiger partial charge on any atom is 0.144 e. The summed E-state index contributed by atoms with van der Waals surface area (Å²) in [6.45, 7) is 5.17. The van der Waals surface area contributed by atoms with Crippen molar-refractivity contribution in [2.24, 2.45) is 0 Å². The summed E-state index contributed by atoms with van der Waals surface area (Å²) in [5.41, 5.74) is 5.41. The maximum absolute atomic E-state index is 9.35. The van der Waals surface area contributed by atoms with E-state index in [9.17, 15) is 5.26 Å². The SMILES string of the molecule is CCCNc1nc2c(cc1C#N)CC(C)c1ccccc1-2. The van der Waals surface area contributed by atoms with Crippen LogP contribution in [-0.2, 0) is 6.42 Å². The van der Waals surface area contributed by atoms with E-state index >= 15 is 0 Å². The van der Waals surface area contributed by atoms with Gasteiger partial charge in [0, 0.05) is 12.1 Å². The van der Waals surface area contributed by atoms with E-state index in [-0.39, 0.29) is 0 Å². The highest BCUT2D eigenvalue weighted by atomic mass is 15.0. The second-order valence-corrected chi connectivity index (χ2v) is 5.62. The molecule has 1 unspecified atom stereocenters.